The van der Waals surface area contributed by atoms with E-state index < -0.39 is 11.6 Å². The first-order valence-electron chi connectivity index (χ1n) is 5.76. The minimum absolute atomic E-state index is 0.121. The topological polar surface area (TPSA) is 54.7 Å². The quantitative estimate of drug-likeness (QED) is 0.658. The van der Waals surface area contributed by atoms with Crippen LogP contribution in [0, 0.1) is 18.6 Å². The molecule has 0 bridgehead atoms. The second-order valence-electron chi connectivity index (χ2n) is 4.44. The zero-order chi connectivity index (χ0) is 13.6. The molecule has 0 amide bonds. The van der Waals surface area contributed by atoms with Crippen LogP contribution < -0.4 is 5.73 Å². The number of hydrogen-bond donors (Lipinski definition) is 2. The van der Waals surface area contributed by atoms with Crippen molar-refractivity contribution in [2.45, 2.75) is 6.92 Å². The van der Waals surface area contributed by atoms with Crippen molar-refractivity contribution in [1.29, 1.82) is 0 Å². The van der Waals surface area contributed by atoms with Crippen molar-refractivity contribution in [2.24, 2.45) is 0 Å². The SMILES string of the molecule is Cc1ccc(-c2nc3c(F)cc(F)cc3[nH]2)cc1N. The van der Waals surface area contributed by atoms with Gasteiger partial charge in [0.25, 0.3) is 0 Å². The predicted octanol–water partition coefficient (Wildman–Crippen LogP) is 3.40. The number of imidazole rings is 1. The van der Waals surface area contributed by atoms with Crippen LogP contribution in [-0.4, -0.2) is 9.97 Å². The van der Waals surface area contributed by atoms with E-state index in [1.165, 1.54) is 6.07 Å². The third kappa shape index (κ3) is 1.93. The lowest BCUT2D eigenvalue weighted by Gasteiger charge is -2.01. The van der Waals surface area contributed by atoms with Gasteiger partial charge in [-0.15, -0.1) is 0 Å². The molecule has 19 heavy (non-hydrogen) atoms. The highest BCUT2D eigenvalue weighted by Crippen LogP contribution is 2.25. The zero-order valence-corrected chi connectivity index (χ0v) is 10.2. The summed E-state index contributed by atoms with van der Waals surface area (Å²) in [4.78, 5) is 7.04. The van der Waals surface area contributed by atoms with E-state index in [9.17, 15) is 8.78 Å². The number of anilines is 1. The highest BCUT2D eigenvalue weighted by molar-refractivity contribution is 5.80. The van der Waals surface area contributed by atoms with Crippen LogP contribution >= 0.6 is 0 Å². The molecule has 0 saturated carbocycles. The molecule has 3 aromatic rings. The summed E-state index contributed by atoms with van der Waals surface area (Å²) in [5, 5.41) is 0. The minimum atomic E-state index is -0.683. The fourth-order valence-corrected chi connectivity index (χ4v) is 1.97. The van der Waals surface area contributed by atoms with Crippen LogP contribution in [0.3, 0.4) is 0 Å². The van der Waals surface area contributed by atoms with Gasteiger partial charge >= 0.3 is 0 Å². The summed E-state index contributed by atoms with van der Waals surface area (Å²) in [5.41, 5.74) is 8.60. The van der Waals surface area contributed by atoms with Gasteiger partial charge in [0.2, 0.25) is 0 Å². The molecule has 5 heteroatoms. The molecule has 0 spiro atoms. The largest absolute Gasteiger partial charge is 0.398 e. The van der Waals surface area contributed by atoms with Crippen molar-refractivity contribution in [3.05, 3.63) is 47.5 Å². The minimum Gasteiger partial charge on any atom is -0.398 e. The van der Waals surface area contributed by atoms with Crippen molar-refractivity contribution in [3.8, 4) is 11.4 Å². The molecule has 3 rings (SSSR count). The number of nitrogens with two attached hydrogens (primary N) is 1. The third-order valence-electron chi connectivity index (χ3n) is 3.06. The number of nitrogens with zero attached hydrogens (tertiary/aromatic N) is 1. The Morgan fingerprint density at radius 3 is 2.68 bits per heavy atom. The number of benzene rings is 2. The van der Waals surface area contributed by atoms with Crippen LogP contribution in [0.2, 0.25) is 0 Å². The molecule has 3 N–H and O–H groups in total. The van der Waals surface area contributed by atoms with E-state index >= 15 is 0 Å². The molecule has 0 radical (unpaired) electrons. The van der Waals surface area contributed by atoms with Crippen molar-refractivity contribution < 1.29 is 8.78 Å². The smallest absolute Gasteiger partial charge is 0.153 e. The van der Waals surface area contributed by atoms with Gasteiger partial charge in [-0.2, -0.15) is 0 Å². The molecule has 1 aromatic heterocycles. The first kappa shape index (κ1) is 11.6. The Morgan fingerprint density at radius 2 is 1.95 bits per heavy atom. The Labute approximate surface area is 108 Å². The van der Waals surface area contributed by atoms with Gasteiger partial charge in [0.1, 0.15) is 17.2 Å². The monoisotopic (exact) mass is 259 g/mol. The molecule has 2 aromatic carbocycles. The molecule has 0 atom stereocenters. The average molecular weight is 259 g/mol. The van der Waals surface area contributed by atoms with Crippen LogP contribution in [-0.2, 0) is 0 Å². The number of aromatic nitrogens is 2. The fraction of sp³-hybridized carbons (Fsp3) is 0.0714. The molecule has 0 aliphatic heterocycles. The molecule has 1 heterocycles. The van der Waals surface area contributed by atoms with Gasteiger partial charge in [0, 0.05) is 17.3 Å². The zero-order valence-electron chi connectivity index (χ0n) is 10.2. The summed E-state index contributed by atoms with van der Waals surface area (Å²) < 4.78 is 26.7. The van der Waals surface area contributed by atoms with Crippen LogP contribution in [0.1, 0.15) is 5.56 Å². The normalized spacial score (nSPS) is 11.1. The summed E-state index contributed by atoms with van der Waals surface area (Å²) in [7, 11) is 0. The number of halogens is 2. The van der Waals surface area contributed by atoms with E-state index in [4.69, 9.17) is 5.73 Å². The van der Waals surface area contributed by atoms with E-state index in [0.717, 1.165) is 17.2 Å². The van der Waals surface area contributed by atoms with Crippen LogP contribution in [0.25, 0.3) is 22.4 Å². The molecule has 0 fully saturated rings. The van der Waals surface area contributed by atoms with E-state index in [1.807, 2.05) is 19.1 Å². The molecule has 0 unspecified atom stereocenters. The summed E-state index contributed by atoms with van der Waals surface area (Å²) in [6.45, 7) is 1.90. The van der Waals surface area contributed by atoms with Crippen molar-refractivity contribution in [1.82, 2.24) is 9.97 Å². The Morgan fingerprint density at radius 1 is 1.16 bits per heavy atom. The maximum Gasteiger partial charge on any atom is 0.153 e. The molecule has 3 nitrogen and oxygen atoms in total. The summed E-state index contributed by atoms with van der Waals surface area (Å²) in [5.74, 6) is -0.854. The highest BCUT2D eigenvalue weighted by Gasteiger charge is 2.11. The first-order valence-corrected chi connectivity index (χ1v) is 5.76. The maximum absolute atomic E-state index is 13.6. The second-order valence-corrected chi connectivity index (χ2v) is 4.44. The molecule has 0 saturated heterocycles. The number of fused-ring (bicyclic) bond motifs is 1. The van der Waals surface area contributed by atoms with Crippen molar-refractivity contribution >= 4 is 16.7 Å². The third-order valence-corrected chi connectivity index (χ3v) is 3.06. The van der Waals surface area contributed by atoms with Gasteiger partial charge in [0.15, 0.2) is 5.82 Å². The number of nitrogen functional groups attached to an aromatic ring is 1. The summed E-state index contributed by atoms with van der Waals surface area (Å²) in [6.07, 6.45) is 0. The number of aryl methyl sites for hydroxylation is 1. The van der Waals surface area contributed by atoms with Crippen LogP contribution in [0.15, 0.2) is 30.3 Å². The first-order chi connectivity index (χ1) is 9.04. The van der Waals surface area contributed by atoms with E-state index in [0.29, 0.717) is 17.0 Å². The number of rotatable bonds is 1. The number of nitrogens with one attached hydrogen (secondary N) is 1. The second kappa shape index (κ2) is 4.05. The summed E-state index contributed by atoms with van der Waals surface area (Å²) >= 11 is 0. The standard InChI is InChI=1S/C14H11F2N3/c1-7-2-3-8(4-11(7)17)14-18-12-6-9(15)5-10(16)13(12)19-14/h2-6H,17H2,1H3,(H,18,19). The van der Waals surface area contributed by atoms with Gasteiger partial charge in [-0.25, -0.2) is 13.8 Å². The number of aromatic amines is 1. The molecule has 96 valence electrons. The Bertz CT molecular complexity index is 778. The lowest BCUT2D eigenvalue weighted by Crippen LogP contribution is -1.90. The predicted molar refractivity (Wildman–Crippen MR) is 70.6 cm³/mol. The van der Waals surface area contributed by atoms with Gasteiger partial charge in [0.05, 0.1) is 5.52 Å². The Hall–Kier alpha value is -2.43. The van der Waals surface area contributed by atoms with Gasteiger partial charge in [-0.05, 0) is 24.6 Å². The van der Waals surface area contributed by atoms with Crippen LogP contribution in [0.4, 0.5) is 14.5 Å². The van der Waals surface area contributed by atoms with Gasteiger partial charge in [-0.3, -0.25) is 0 Å². The Balaban J connectivity index is 2.20. The molecular weight excluding hydrogens is 248 g/mol. The van der Waals surface area contributed by atoms with Gasteiger partial charge in [-0.1, -0.05) is 12.1 Å². The lowest BCUT2D eigenvalue weighted by molar-refractivity contribution is 0.591. The highest BCUT2D eigenvalue weighted by atomic mass is 19.1. The maximum atomic E-state index is 13.6. The van der Waals surface area contributed by atoms with Gasteiger partial charge < -0.3 is 10.7 Å². The number of H-pyrrole nitrogens is 1. The van der Waals surface area contributed by atoms with E-state index in [-0.39, 0.29) is 5.52 Å². The van der Waals surface area contributed by atoms with Crippen molar-refractivity contribution in [2.75, 3.05) is 5.73 Å². The molecular formula is C14H11F2N3. The molecule has 0 aliphatic carbocycles. The molecule has 0 aliphatic rings. The van der Waals surface area contributed by atoms with Crippen LogP contribution in [0.5, 0.6) is 0 Å². The number of hydrogen-bond acceptors (Lipinski definition) is 2. The fourth-order valence-electron chi connectivity index (χ4n) is 1.97. The lowest BCUT2D eigenvalue weighted by atomic mass is 10.1. The van der Waals surface area contributed by atoms with E-state index in [1.54, 1.807) is 6.07 Å². The Kier molecular flexibility index (Phi) is 2.48. The summed E-state index contributed by atoms with van der Waals surface area (Å²) in [6, 6.07) is 7.47. The average Bonchev–Trinajstić information content (AvgIpc) is 2.76. The van der Waals surface area contributed by atoms with Crippen molar-refractivity contribution in [3.63, 3.8) is 0 Å². The van der Waals surface area contributed by atoms with E-state index in [2.05, 4.69) is 9.97 Å².